The Bertz CT molecular complexity index is 924. The molecule has 4 nitrogen and oxygen atoms in total. The number of rotatable bonds is 6. The second kappa shape index (κ2) is 8.31. The topological polar surface area (TPSA) is 47.9 Å². The fourth-order valence-electron chi connectivity index (χ4n) is 2.36. The predicted molar refractivity (Wildman–Crippen MR) is 98.8 cm³/mol. The molecule has 1 aliphatic heterocycles. The third-order valence-electron chi connectivity index (χ3n) is 3.81. The highest BCUT2D eigenvalue weighted by atomic mass is 35.5. The number of benzene rings is 2. The van der Waals surface area contributed by atoms with Crippen LogP contribution in [0.3, 0.4) is 0 Å². The molecule has 0 atom stereocenters. The van der Waals surface area contributed by atoms with Crippen LogP contribution in [0.4, 0.5) is 8.78 Å². The molecule has 0 fully saturated rings. The maximum absolute atomic E-state index is 13.4. The molecular weight excluding hydrogens is 376 g/mol. The normalized spacial score (nSPS) is 15.0. The number of unbranched alkanes of at least 4 members (excludes halogenated alkanes) is 1. The van der Waals surface area contributed by atoms with Crippen LogP contribution in [0.15, 0.2) is 47.1 Å². The first-order chi connectivity index (χ1) is 13.0. The second-order valence-corrected chi connectivity index (χ2v) is 6.26. The van der Waals surface area contributed by atoms with E-state index in [1.807, 2.05) is 0 Å². The lowest BCUT2D eigenvalue weighted by Crippen LogP contribution is -2.07. The van der Waals surface area contributed by atoms with E-state index in [4.69, 9.17) is 21.1 Å². The van der Waals surface area contributed by atoms with Gasteiger partial charge < -0.3 is 9.47 Å². The molecule has 0 unspecified atom stereocenters. The Balaban J connectivity index is 1.81. The summed E-state index contributed by atoms with van der Waals surface area (Å²) in [5.74, 6) is -2.34. The third-order valence-corrected chi connectivity index (χ3v) is 4.12. The summed E-state index contributed by atoms with van der Waals surface area (Å²) >= 11 is 5.89. The molecule has 140 valence electrons. The van der Waals surface area contributed by atoms with Crippen LogP contribution in [0.2, 0.25) is 5.02 Å². The maximum Gasteiger partial charge on any atom is 0.363 e. The Morgan fingerprint density at radius 2 is 1.89 bits per heavy atom. The van der Waals surface area contributed by atoms with Crippen molar-refractivity contribution in [1.29, 1.82) is 0 Å². The van der Waals surface area contributed by atoms with Crippen LogP contribution >= 0.6 is 11.6 Å². The van der Waals surface area contributed by atoms with Gasteiger partial charge in [-0.3, -0.25) is 0 Å². The first-order valence-electron chi connectivity index (χ1n) is 8.38. The largest absolute Gasteiger partial charge is 0.494 e. The smallest absolute Gasteiger partial charge is 0.363 e. The molecule has 1 heterocycles. The quantitative estimate of drug-likeness (QED) is 0.296. The number of cyclic esters (lactones) is 1. The average molecular weight is 392 g/mol. The van der Waals surface area contributed by atoms with Crippen molar-refractivity contribution < 1.29 is 23.0 Å². The molecule has 0 aromatic heterocycles. The summed E-state index contributed by atoms with van der Waals surface area (Å²) < 4.78 is 37.3. The van der Waals surface area contributed by atoms with Gasteiger partial charge in [-0.05, 0) is 42.3 Å². The van der Waals surface area contributed by atoms with Gasteiger partial charge in [0, 0.05) is 0 Å². The van der Waals surface area contributed by atoms with Gasteiger partial charge in [-0.25, -0.2) is 18.6 Å². The number of aliphatic imine (C=N–C) groups is 1. The van der Waals surface area contributed by atoms with Gasteiger partial charge in [0.2, 0.25) is 5.90 Å². The predicted octanol–water partition coefficient (Wildman–Crippen LogP) is 5.14. The summed E-state index contributed by atoms with van der Waals surface area (Å²) in [6, 6.07) is 8.79. The first-order valence-corrected chi connectivity index (χ1v) is 8.76. The Morgan fingerprint density at radius 1 is 1.19 bits per heavy atom. The van der Waals surface area contributed by atoms with Crippen molar-refractivity contribution in [3.05, 3.63) is 69.9 Å². The molecule has 0 radical (unpaired) electrons. The molecule has 0 saturated carbocycles. The van der Waals surface area contributed by atoms with E-state index in [9.17, 15) is 13.6 Å². The van der Waals surface area contributed by atoms with Crippen LogP contribution in [0.25, 0.3) is 6.08 Å². The summed E-state index contributed by atoms with van der Waals surface area (Å²) in [5, 5.41) is -0.102. The number of carbonyl (C=O) groups excluding carboxylic acids is 1. The molecule has 1 aliphatic rings. The van der Waals surface area contributed by atoms with Crippen molar-refractivity contribution in [3.63, 3.8) is 0 Å². The van der Waals surface area contributed by atoms with Gasteiger partial charge in [0.05, 0.1) is 17.2 Å². The van der Waals surface area contributed by atoms with Gasteiger partial charge in [0.1, 0.15) is 5.75 Å². The number of hydrogen-bond donors (Lipinski definition) is 0. The minimum absolute atomic E-state index is 0.00647. The number of ether oxygens (including phenoxy) is 2. The van der Waals surface area contributed by atoms with Crippen LogP contribution in [-0.2, 0) is 9.53 Å². The van der Waals surface area contributed by atoms with E-state index in [0.29, 0.717) is 12.2 Å². The SMILES string of the molecule is CCCCOc1ccc(/C=C2\N=C(c3cc(F)c(F)cc3Cl)OC2=O)cc1. The first kappa shape index (κ1) is 19.0. The number of nitrogens with zero attached hydrogens (tertiary/aromatic N) is 1. The second-order valence-electron chi connectivity index (χ2n) is 5.85. The highest BCUT2D eigenvalue weighted by molar-refractivity contribution is 6.34. The zero-order valence-corrected chi connectivity index (χ0v) is 15.2. The highest BCUT2D eigenvalue weighted by Gasteiger charge is 2.26. The summed E-state index contributed by atoms with van der Waals surface area (Å²) in [4.78, 5) is 16.1. The minimum atomic E-state index is -1.11. The van der Waals surface area contributed by atoms with Crippen molar-refractivity contribution in [2.45, 2.75) is 19.8 Å². The van der Waals surface area contributed by atoms with Crippen molar-refractivity contribution in [2.75, 3.05) is 6.61 Å². The molecule has 0 bridgehead atoms. The number of halogens is 3. The van der Waals surface area contributed by atoms with E-state index in [1.54, 1.807) is 24.3 Å². The fraction of sp³-hybridized carbons (Fsp3) is 0.200. The molecule has 2 aromatic rings. The van der Waals surface area contributed by atoms with E-state index < -0.39 is 17.6 Å². The lowest BCUT2D eigenvalue weighted by molar-refractivity contribution is -0.129. The zero-order chi connectivity index (χ0) is 19.4. The fourth-order valence-corrected chi connectivity index (χ4v) is 2.59. The van der Waals surface area contributed by atoms with Gasteiger partial charge in [-0.1, -0.05) is 37.1 Å². The van der Waals surface area contributed by atoms with Gasteiger partial charge in [0.15, 0.2) is 17.3 Å². The number of hydrogen-bond acceptors (Lipinski definition) is 4. The molecular formula is C20H16ClF2NO3. The molecule has 0 saturated heterocycles. The molecule has 0 N–H and O–H groups in total. The van der Waals surface area contributed by atoms with Gasteiger partial charge in [-0.15, -0.1) is 0 Å². The summed E-state index contributed by atoms with van der Waals surface area (Å²) in [7, 11) is 0. The van der Waals surface area contributed by atoms with Crippen LogP contribution in [-0.4, -0.2) is 18.5 Å². The van der Waals surface area contributed by atoms with E-state index >= 15 is 0 Å². The van der Waals surface area contributed by atoms with E-state index in [2.05, 4.69) is 11.9 Å². The lowest BCUT2D eigenvalue weighted by Gasteiger charge is -2.05. The Hall–Kier alpha value is -2.73. The maximum atomic E-state index is 13.4. The van der Waals surface area contributed by atoms with Crippen LogP contribution in [0, 0.1) is 11.6 Å². The van der Waals surface area contributed by atoms with Crippen LogP contribution < -0.4 is 4.74 Å². The highest BCUT2D eigenvalue weighted by Crippen LogP contribution is 2.26. The van der Waals surface area contributed by atoms with Crippen LogP contribution in [0.1, 0.15) is 30.9 Å². The molecule has 7 heteroatoms. The van der Waals surface area contributed by atoms with Crippen molar-refractivity contribution in [3.8, 4) is 5.75 Å². The standard InChI is InChI=1S/C20H16ClF2NO3/c1-2-3-8-26-13-6-4-12(5-7-13)9-18-20(25)27-19(24-18)14-10-16(22)17(23)11-15(14)21/h4-7,9-11H,2-3,8H2,1H3/b18-9-. The van der Waals surface area contributed by atoms with Crippen molar-refractivity contribution in [1.82, 2.24) is 0 Å². The summed E-state index contributed by atoms with van der Waals surface area (Å²) in [6.45, 7) is 2.73. The molecule has 0 spiro atoms. The third kappa shape index (κ3) is 4.52. The Kier molecular flexibility index (Phi) is 5.86. The Labute approximate surface area is 160 Å². The molecule has 27 heavy (non-hydrogen) atoms. The van der Waals surface area contributed by atoms with E-state index in [1.165, 1.54) is 6.08 Å². The molecule has 0 amide bonds. The zero-order valence-electron chi connectivity index (χ0n) is 14.5. The summed E-state index contributed by atoms with van der Waals surface area (Å²) in [5.41, 5.74) is 0.753. The summed E-state index contributed by atoms with van der Waals surface area (Å²) in [6.07, 6.45) is 3.55. The van der Waals surface area contributed by atoms with E-state index in [0.717, 1.165) is 30.7 Å². The lowest BCUT2D eigenvalue weighted by atomic mass is 10.2. The number of carbonyl (C=O) groups is 1. The Morgan fingerprint density at radius 3 is 2.59 bits per heavy atom. The van der Waals surface area contributed by atoms with Gasteiger partial charge in [0.25, 0.3) is 0 Å². The molecule has 2 aromatic carbocycles. The number of esters is 1. The minimum Gasteiger partial charge on any atom is -0.494 e. The average Bonchev–Trinajstić information content (AvgIpc) is 3.00. The molecule has 0 aliphatic carbocycles. The van der Waals surface area contributed by atoms with Crippen LogP contribution in [0.5, 0.6) is 5.75 Å². The van der Waals surface area contributed by atoms with Gasteiger partial charge in [-0.2, -0.15) is 0 Å². The van der Waals surface area contributed by atoms with E-state index in [-0.39, 0.29) is 22.2 Å². The monoisotopic (exact) mass is 391 g/mol. The van der Waals surface area contributed by atoms with Crippen molar-refractivity contribution >= 4 is 29.5 Å². The molecule has 3 rings (SSSR count). The van der Waals surface area contributed by atoms with Gasteiger partial charge >= 0.3 is 5.97 Å². The van der Waals surface area contributed by atoms with Crippen molar-refractivity contribution in [2.24, 2.45) is 4.99 Å².